The lowest BCUT2D eigenvalue weighted by Crippen LogP contribution is -2.31. The number of imidazole rings is 1. The Morgan fingerprint density at radius 2 is 1.68 bits per heavy atom. The number of nitrogens with one attached hydrogen (secondary N) is 1. The summed E-state index contributed by atoms with van der Waals surface area (Å²) in [5, 5.41) is 2.79. The molecule has 0 unspecified atom stereocenters. The topological polar surface area (TPSA) is 82.3 Å². The van der Waals surface area contributed by atoms with Crippen molar-refractivity contribution in [2.24, 2.45) is 0 Å². The third kappa shape index (κ3) is 5.05. The van der Waals surface area contributed by atoms with E-state index < -0.39 is 18.0 Å². The molecule has 1 aromatic heterocycles. The molecule has 0 aliphatic carbocycles. The number of amides is 1. The lowest BCUT2D eigenvalue weighted by molar-refractivity contribution is -0.153. The van der Waals surface area contributed by atoms with E-state index in [0.29, 0.717) is 12.2 Å². The molecule has 31 heavy (non-hydrogen) atoms. The van der Waals surface area contributed by atoms with Gasteiger partial charge in [0.05, 0.1) is 17.5 Å². The van der Waals surface area contributed by atoms with Crippen LogP contribution in [-0.4, -0.2) is 27.1 Å². The van der Waals surface area contributed by atoms with Crippen molar-refractivity contribution in [1.29, 1.82) is 0 Å². The zero-order valence-electron chi connectivity index (χ0n) is 18.5. The summed E-state index contributed by atoms with van der Waals surface area (Å²) in [7, 11) is 0. The number of aryl methyl sites for hydroxylation is 4. The van der Waals surface area contributed by atoms with Gasteiger partial charge in [-0.2, -0.15) is 0 Å². The van der Waals surface area contributed by atoms with Crippen LogP contribution in [0.4, 0.5) is 5.69 Å². The summed E-state index contributed by atoms with van der Waals surface area (Å²) in [6.45, 7) is 8.25. The Kier molecular flexibility index (Phi) is 6.95. The minimum atomic E-state index is -0.939. The summed E-state index contributed by atoms with van der Waals surface area (Å²) in [6.07, 6.45) is -0.101. The number of esters is 1. The van der Waals surface area contributed by atoms with Gasteiger partial charge in [0.1, 0.15) is 0 Å². The van der Waals surface area contributed by atoms with Crippen LogP contribution < -0.4 is 11.0 Å². The number of hydrogen-bond donors (Lipinski definition) is 1. The largest absolute Gasteiger partial charge is 0.452 e. The van der Waals surface area contributed by atoms with E-state index in [4.69, 9.17) is 4.74 Å². The molecule has 0 fully saturated rings. The molecule has 0 saturated carbocycles. The molecule has 0 spiro atoms. The summed E-state index contributed by atoms with van der Waals surface area (Å²) in [5.41, 5.74) is 4.23. The summed E-state index contributed by atoms with van der Waals surface area (Å²) in [4.78, 5) is 37.6. The van der Waals surface area contributed by atoms with Crippen LogP contribution in [0.1, 0.15) is 37.8 Å². The van der Waals surface area contributed by atoms with E-state index in [1.807, 2.05) is 63.2 Å². The average molecular weight is 424 g/mol. The number of benzene rings is 2. The zero-order chi connectivity index (χ0) is 22.5. The van der Waals surface area contributed by atoms with Gasteiger partial charge in [-0.1, -0.05) is 36.8 Å². The van der Waals surface area contributed by atoms with Gasteiger partial charge in [0, 0.05) is 18.8 Å². The number of para-hydroxylation sites is 2. The van der Waals surface area contributed by atoms with Crippen molar-refractivity contribution in [2.75, 3.05) is 5.32 Å². The summed E-state index contributed by atoms with van der Waals surface area (Å²) < 4.78 is 8.62. The fourth-order valence-electron chi connectivity index (χ4n) is 3.63. The number of anilines is 1. The van der Waals surface area contributed by atoms with Crippen LogP contribution in [0, 0.1) is 13.8 Å². The number of fused-ring (bicyclic) bond motifs is 1. The molecular weight excluding hydrogens is 394 g/mol. The molecule has 1 amide bonds. The van der Waals surface area contributed by atoms with Gasteiger partial charge >= 0.3 is 11.7 Å². The number of nitrogens with zero attached hydrogens (tertiary/aromatic N) is 2. The van der Waals surface area contributed by atoms with Crippen molar-refractivity contribution < 1.29 is 14.3 Å². The Bertz CT molecular complexity index is 1160. The smallest absolute Gasteiger partial charge is 0.329 e. The number of carbonyl (C=O) groups excluding carboxylic acids is 2. The Morgan fingerprint density at radius 1 is 1.03 bits per heavy atom. The SMILES string of the molecule is CCCn1c(=O)n(CCC(=O)O[C@@H](C)C(=O)Nc2ccc(C)cc2C)c2ccccc21. The van der Waals surface area contributed by atoms with E-state index in [1.54, 1.807) is 9.13 Å². The van der Waals surface area contributed by atoms with Gasteiger partial charge in [0.2, 0.25) is 0 Å². The van der Waals surface area contributed by atoms with Crippen molar-refractivity contribution in [3.05, 3.63) is 64.1 Å². The Labute approximate surface area is 181 Å². The normalized spacial score (nSPS) is 12.0. The first-order chi connectivity index (χ1) is 14.8. The molecule has 1 heterocycles. The highest BCUT2D eigenvalue weighted by atomic mass is 16.5. The molecule has 7 nitrogen and oxygen atoms in total. The maximum atomic E-state index is 12.8. The van der Waals surface area contributed by atoms with Crippen molar-refractivity contribution in [3.8, 4) is 0 Å². The molecule has 0 saturated heterocycles. The lowest BCUT2D eigenvalue weighted by Gasteiger charge is -2.15. The minimum absolute atomic E-state index is 0.00121. The molecule has 0 aliphatic rings. The van der Waals surface area contributed by atoms with Crippen molar-refractivity contribution >= 4 is 28.6 Å². The fourth-order valence-corrected chi connectivity index (χ4v) is 3.63. The molecule has 7 heteroatoms. The second kappa shape index (κ2) is 9.64. The molecule has 0 aliphatic heterocycles. The van der Waals surface area contributed by atoms with Crippen molar-refractivity contribution in [2.45, 2.75) is 59.7 Å². The second-order valence-electron chi connectivity index (χ2n) is 7.76. The molecule has 0 bridgehead atoms. The maximum absolute atomic E-state index is 12.8. The molecule has 0 radical (unpaired) electrons. The lowest BCUT2D eigenvalue weighted by atomic mass is 10.1. The number of rotatable bonds is 8. The van der Waals surface area contributed by atoms with E-state index in [2.05, 4.69) is 5.32 Å². The van der Waals surface area contributed by atoms with Gasteiger partial charge in [-0.15, -0.1) is 0 Å². The van der Waals surface area contributed by atoms with Gasteiger partial charge in [-0.05, 0) is 51.0 Å². The number of carbonyl (C=O) groups is 2. The molecule has 2 aromatic carbocycles. The quantitative estimate of drug-likeness (QED) is 0.559. The molecule has 3 rings (SSSR count). The average Bonchev–Trinajstić information content (AvgIpc) is 3.00. The first-order valence-corrected chi connectivity index (χ1v) is 10.6. The van der Waals surface area contributed by atoms with E-state index in [0.717, 1.165) is 28.6 Å². The van der Waals surface area contributed by atoms with E-state index >= 15 is 0 Å². The predicted octanol–water partition coefficient (Wildman–Crippen LogP) is 3.79. The van der Waals surface area contributed by atoms with Crippen LogP contribution in [0.25, 0.3) is 11.0 Å². The fraction of sp³-hybridized carbons (Fsp3) is 0.375. The minimum Gasteiger partial charge on any atom is -0.452 e. The highest BCUT2D eigenvalue weighted by molar-refractivity contribution is 5.95. The maximum Gasteiger partial charge on any atom is 0.329 e. The summed E-state index contributed by atoms with van der Waals surface area (Å²) in [6, 6.07) is 13.2. The highest BCUT2D eigenvalue weighted by Crippen LogP contribution is 2.17. The Balaban J connectivity index is 1.63. The van der Waals surface area contributed by atoms with Crippen LogP contribution in [-0.2, 0) is 27.4 Å². The second-order valence-corrected chi connectivity index (χ2v) is 7.76. The van der Waals surface area contributed by atoms with Gasteiger partial charge in [-0.3, -0.25) is 18.7 Å². The Hall–Kier alpha value is -3.35. The molecule has 1 atom stereocenters. The molecule has 164 valence electrons. The van der Waals surface area contributed by atoms with E-state index in [9.17, 15) is 14.4 Å². The zero-order valence-corrected chi connectivity index (χ0v) is 18.5. The van der Waals surface area contributed by atoms with Crippen LogP contribution in [0.5, 0.6) is 0 Å². The van der Waals surface area contributed by atoms with Gasteiger partial charge in [0.25, 0.3) is 5.91 Å². The first kappa shape index (κ1) is 22.3. The van der Waals surface area contributed by atoms with Gasteiger partial charge in [-0.25, -0.2) is 4.79 Å². The van der Waals surface area contributed by atoms with Crippen LogP contribution >= 0.6 is 0 Å². The van der Waals surface area contributed by atoms with Crippen LogP contribution in [0.2, 0.25) is 0 Å². The van der Waals surface area contributed by atoms with E-state index in [1.165, 1.54) is 6.92 Å². The van der Waals surface area contributed by atoms with Gasteiger partial charge in [0.15, 0.2) is 6.10 Å². The highest BCUT2D eigenvalue weighted by Gasteiger charge is 2.20. The third-order valence-corrected chi connectivity index (χ3v) is 5.23. The first-order valence-electron chi connectivity index (χ1n) is 10.6. The monoisotopic (exact) mass is 423 g/mol. The predicted molar refractivity (Wildman–Crippen MR) is 121 cm³/mol. The van der Waals surface area contributed by atoms with Gasteiger partial charge < -0.3 is 10.1 Å². The molecular formula is C24H29N3O4. The molecule has 3 aromatic rings. The summed E-state index contributed by atoms with van der Waals surface area (Å²) in [5.74, 6) is -0.917. The van der Waals surface area contributed by atoms with Crippen LogP contribution in [0.15, 0.2) is 47.3 Å². The number of hydrogen-bond acceptors (Lipinski definition) is 4. The van der Waals surface area contributed by atoms with Crippen molar-refractivity contribution in [3.63, 3.8) is 0 Å². The standard InChI is InChI=1S/C24H29N3O4/c1-5-13-26-20-8-6-7-9-21(20)27(24(26)30)14-12-22(28)31-18(4)23(29)25-19-11-10-16(2)15-17(19)3/h6-11,15,18H,5,12-14H2,1-4H3,(H,25,29)/t18-/m0/s1. The third-order valence-electron chi connectivity index (χ3n) is 5.23. The van der Waals surface area contributed by atoms with Crippen LogP contribution in [0.3, 0.4) is 0 Å². The van der Waals surface area contributed by atoms with E-state index in [-0.39, 0.29) is 18.7 Å². The summed E-state index contributed by atoms with van der Waals surface area (Å²) >= 11 is 0. The molecule has 1 N–H and O–H groups in total. The Morgan fingerprint density at radius 3 is 2.29 bits per heavy atom. The number of ether oxygens (including phenoxy) is 1. The van der Waals surface area contributed by atoms with Crippen molar-refractivity contribution in [1.82, 2.24) is 9.13 Å². The number of aromatic nitrogens is 2.